The fraction of sp³-hybridized carbons (Fsp3) is 0.647. The molecule has 106 valence electrons. The van der Waals surface area contributed by atoms with Crippen molar-refractivity contribution < 1.29 is 0 Å². The lowest BCUT2D eigenvalue weighted by Crippen LogP contribution is -2.26. The highest BCUT2D eigenvalue weighted by molar-refractivity contribution is 5.49. The van der Waals surface area contributed by atoms with Crippen LogP contribution < -0.4 is 10.2 Å². The molecule has 2 nitrogen and oxygen atoms in total. The van der Waals surface area contributed by atoms with Gasteiger partial charge in [-0.05, 0) is 48.9 Å². The van der Waals surface area contributed by atoms with Gasteiger partial charge in [0.05, 0.1) is 0 Å². The average molecular weight is 260 g/mol. The minimum Gasteiger partial charge on any atom is -0.371 e. The van der Waals surface area contributed by atoms with Gasteiger partial charge in [-0.1, -0.05) is 32.9 Å². The highest BCUT2D eigenvalue weighted by Crippen LogP contribution is 2.38. The van der Waals surface area contributed by atoms with Crippen LogP contribution in [0.15, 0.2) is 24.3 Å². The largest absolute Gasteiger partial charge is 0.371 e. The zero-order valence-corrected chi connectivity index (χ0v) is 12.7. The second-order valence-electron chi connectivity index (χ2n) is 5.83. The molecule has 1 aliphatic heterocycles. The Kier molecular flexibility index (Phi) is 4.87. The normalized spacial score (nSPS) is 17.9. The maximum absolute atomic E-state index is 3.37. The third-order valence-corrected chi connectivity index (χ3v) is 4.82. The van der Waals surface area contributed by atoms with Crippen molar-refractivity contribution in [1.29, 1.82) is 0 Å². The zero-order valence-electron chi connectivity index (χ0n) is 12.7. The highest BCUT2D eigenvalue weighted by Gasteiger charge is 2.34. The average Bonchev–Trinajstić information content (AvgIpc) is 2.91. The van der Waals surface area contributed by atoms with Crippen molar-refractivity contribution in [3.8, 4) is 0 Å². The van der Waals surface area contributed by atoms with Crippen LogP contribution in [0.4, 0.5) is 5.69 Å². The quantitative estimate of drug-likeness (QED) is 0.836. The smallest absolute Gasteiger partial charge is 0.0366 e. The van der Waals surface area contributed by atoms with Crippen molar-refractivity contribution in [3.05, 3.63) is 29.8 Å². The molecule has 0 atom stereocenters. The summed E-state index contributed by atoms with van der Waals surface area (Å²) in [5, 5.41) is 3.37. The molecule has 0 aromatic heterocycles. The van der Waals surface area contributed by atoms with E-state index >= 15 is 0 Å². The van der Waals surface area contributed by atoms with Gasteiger partial charge in [-0.25, -0.2) is 0 Å². The molecule has 19 heavy (non-hydrogen) atoms. The van der Waals surface area contributed by atoms with Gasteiger partial charge in [0.1, 0.15) is 0 Å². The summed E-state index contributed by atoms with van der Waals surface area (Å²) in [7, 11) is 0. The molecular weight excluding hydrogens is 232 g/mol. The Morgan fingerprint density at radius 2 is 1.79 bits per heavy atom. The number of rotatable bonds is 6. The van der Waals surface area contributed by atoms with Gasteiger partial charge in [0.15, 0.2) is 0 Å². The molecule has 0 radical (unpaired) electrons. The standard InChI is InChI=1S/C17H28N2/c1-4-17(5-2)11-12-19(14-17)16-9-7-15(8-10-16)13-18-6-3/h7-10,18H,4-6,11-14H2,1-3H3. The zero-order chi connectivity index (χ0) is 13.7. The van der Waals surface area contributed by atoms with Crippen molar-refractivity contribution in [2.45, 2.75) is 46.6 Å². The molecule has 0 bridgehead atoms. The molecule has 1 N–H and O–H groups in total. The van der Waals surface area contributed by atoms with E-state index in [1.165, 1.54) is 43.6 Å². The molecule has 1 aromatic rings. The van der Waals surface area contributed by atoms with Gasteiger partial charge in [0.2, 0.25) is 0 Å². The summed E-state index contributed by atoms with van der Waals surface area (Å²) >= 11 is 0. The first kappa shape index (κ1) is 14.4. The Balaban J connectivity index is 1.99. The van der Waals surface area contributed by atoms with Gasteiger partial charge in [0.25, 0.3) is 0 Å². The number of benzene rings is 1. The Labute approximate surface area is 118 Å². The van der Waals surface area contributed by atoms with Gasteiger partial charge in [-0.3, -0.25) is 0 Å². The van der Waals surface area contributed by atoms with E-state index in [1.807, 2.05) is 0 Å². The monoisotopic (exact) mass is 260 g/mol. The number of hydrogen-bond acceptors (Lipinski definition) is 2. The van der Waals surface area contributed by atoms with E-state index in [4.69, 9.17) is 0 Å². The van der Waals surface area contributed by atoms with E-state index in [0.29, 0.717) is 5.41 Å². The van der Waals surface area contributed by atoms with Crippen LogP contribution >= 0.6 is 0 Å². The van der Waals surface area contributed by atoms with Crippen LogP contribution in [0, 0.1) is 5.41 Å². The van der Waals surface area contributed by atoms with E-state index < -0.39 is 0 Å². The first-order chi connectivity index (χ1) is 9.23. The first-order valence-corrected chi connectivity index (χ1v) is 7.77. The minimum atomic E-state index is 0.558. The van der Waals surface area contributed by atoms with Gasteiger partial charge in [-0.15, -0.1) is 0 Å². The summed E-state index contributed by atoms with van der Waals surface area (Å²) < 4.78 is 0. The number of nitrogens with zero attached hydrogens (tertiary/aromatic N) is 1. The Hall–Kier alpha value is -1.02. The minimum absolute atomic E-state index is 0.558. The summed E-state index contributed by atoms with van der Waals surface area (Å²) in [6, 6.07) is 9.09. The van der Waals surface area contributed by atoms with Crippen molar-refractivity contribution in [2.24, 2.45) is 5.41 Å². The van der Waals surface area contributed by atoms with Crippen LogP contribution in [0.5, 0.6) is 0 Å². The lowest BCUT2D eigenvalue weighted by molar-refractivity contribution is 0.301. The Morgan fingerprint density at radius 3 is 2.32 bits per heavy atom. The Bertz CT molecular complexity index is 379. The van der Waals surface area contributed by atoms with E-state index in [1.54, 1.807) is 0 Å². The van der Waals surface area contributed by atoms with Gasteiger partial charge in [0, 0.05) is 25.3 Å². The fourth-order valence-electron chi connectivity index (χ4n) is 3.08. The van der Waals surface area contributed by atoms with Crippen LogP contribution in [0.3, 0.4) is 0 Å². The second kappa shape index (κ2) is 6.42. The van der Waals surface area contributed by atoms with E-state index in [2.05, 4.69) is 55.3 Å². The summed E-state index contributed by atoms with van der Waals surface area (Å²) in [5.41, 5.74) is 3.33. The summed E-state index contributed by atoms with van der Waals surface area (Å²) in [4.78, 5) is 2.56. The summed E-state index contributed by atoms with van der Waals surface area (Å²) in [6.07, 6.45) is 3.95. The van der Waals surface area contributed by atoms with Crippen LogP contribution in [0.1, 0.15) is 45.6 Å². The third kappa shape index (κ3) is 3.30. The molecule has 1 saturated heterocycles. The molecule has 1 aromatic carbocycles. The Morgan fingerprint density at radius 1 is 1.11 bits per heavy atom. The van der Waals surface area contributed by atoms with E-state index in [9.17, 15) is 0 Å². The van der Waals surface area contributed by atoms with Crippen LogP contribution in [0.2, 0.25) is 0 Å². The molecule has 1 aliphatic rings. The molecular formula is C17H28N2. The molecule has 2 heteroatoms. The SMILES string of the molecule is CCNCc1ccc(N2CCC(CC)(CC)C2)cc1. The lowest BCUT2D eigenvalue weighted by Gasteiger charge is -2.27. The van der Waals surface area contributed by atoms with Gasteiger partial charge in [-0.2, -0.15) is 0 Å². The lowest BCUT2D eigenvalue weighted by atomic mass is 9.82. The van der Waals surface area contributed by atoms with Crippen LogP contribution in [0.25, 0.3) is 0 Å². The molecule has 1 fully saturated rings. The second-order valence-corrected chi connectivity index (χ2v) is 5.83. The molecule has 0 amide bonds. The summed E-state index contributed by atoms with van der Waals surface area (Å²) in [5.74, 6) is 0. The molecule has 0 spiro atoms. The van der Waals surface area contributed by atoms with E-state index in [0.717, 1.165) is 13.1 Å². The van der Waals surface area contributed by atoms with Crippen molar-refractivity contribution in [1.82, 2.24) is 5.32 Å². The predicted octanol–water partition coefficient (Wildman–Crippen LogP) is 3.81. The summed E-state index contributed by atoms with van der Waals surface area (Å²) in [6.45, 7) is 11.3. The number of anilines is 1. The molecule has 0 unspecified atom stereocenters. The first-order valence-electron chi connectivity index (χ1n) is 7.77. The molecule has 0 aliphatic carbocycles. The van der Waals surface area contributed by atoms with Gasteiger partial charge >= 0.3 is 0 Å². The topological polar surface area (TPSA) is 15.3 Å². The fourth-order valence-corrected chi connectivity index (χ4v) is 3.08. The van der Waals surface area contributed by atoms with Crippen LogP contribution in [-0.2, 0) is 6.54 Å². The van der Waals surface area contributed by atoms with Gasteiger partial charge < -0.3 is 10.2 Å². The van der Waals surface area contributed by atoms with E-state index in [-0.39, 0.29) is 0 Å². The predicted molar refractivity (Wildman–Crippen MR) is 83.7 cm³/mol. The molecule has 1 heterocycles. The molecule has 0 saturated carbocycles. The van der Waals surface area contributed by atoms with Crippen molar-refractivity contribution in [3.63, 3.8) is 0 Å². The highest BCUT2D eigenvalue weighted by atomic mass is 15.2. The number of hydrogen-bond donors (Lipinski definition) is 1. The maximum Gasteiger partial charge on any atom is 0.0366 e. The van der Waals surface area contributed by atoms with Crippen LogP contribution in [-0.4, -0.2) is 19.6 Å². The number of nitrogens with one attached hydrogen (secondary N) is 1. The van der Waals surface area contributed by atoms with Crippen molar-refractivity contribution in [2.75, 3.05) is 24.5 Å². The molecule has 2 rings (SSSR count). The third-order valence-electron chi connectivity index (χ3n) is 4.82. The maximum atomic E-state index is 3.37. The van der Waals surface area contributed by atoms with Crippen molar-refractivity contribution >= 4 is 5.69 Å².